The van der Waals surface area contributed by atoms with Gasteiger partial charge in [0, 0.05) is 5.39 Å². The van der Waals surface area contributed by atoms with Gasteiger partial charge >= 0.3 is 21.5 Å². The normalized spacial score (nSPS) is 12.4. The summed E-state index contributed by atoms with van der Waals surface area (Å²) in [4.78, 5) is 13.2. The Morgan fingerprint density at radius 2 is 1.95 bits per heavy atom. The summed E-state index contributed by atoms with van der Waals surface area (Å²) in [6.45, 7) is 1.51. The van der Waals surface area contributed by atoms with E-state index in [9.17, 15) is 26.4 Å². The molecular weight excluding hydrogens is 325 g/mol. The molecular formula is C12H11F3N2O4S. The molecule has 2 rings (SSSR count). The van der Waals surface area contributed by atoms with Gasteiger partial charge in [-0.2, -0.15) is 21.6 Å². The van der Waals surface area contributed by atoms with E-state index in [1.165, 1.54) is 36.0 Å². The lowest BCUT2D eigenvalue weighted by atomic mass is 10.2. The van der Waals surface area contributed by atoms with Crippen molar-refractivity contribution in [3.63, 3.8) is 0 Å². The lowest BCUT2D eigenvalue weighted by Gasteiger charge is -2.14. The minimum Gasteiger partial charge on any atom is -0.461 e. The molecule has 120 valence electrons. The minimum atomic E-state index is -5.68. The molecule has 0 aliphatic carbocycles. The van der Waals surface area contributed by atoms with Gasteiger partial charge in [-0.25, -0.2) is 14.3 Å². The molecule has 0 fully saturated rings. The first-order chi connectivity index (χ1) is 10.2. The number of carbonyl (C=O) groups is 1. The van der Waals surface area contributed by atoms with Crippen LogP contribution in [0.5, 0.6) is 0 Å². The molecule has 1 aromatic carbocycles. The Bertz CT molecular complexity index is 811. The number of nitrogens with zero attached hydrogens (tertiary/aromatic N) is 1. The smallest absolute Gasteiger partial charge is 0.461 e. The van der Waals surface area contributed by atoms with Crippen LogP contribution in [0.3, 0.4) is 0 Å². The number of sulfonamides is 1. The Hall–Kier alpha value is -2.23. The molecule has 0 amide bonds. The van der Waals surface area contributed by atoms with Crippen LogP contribution in [0.15, 0.2) is 30.3 Å². The van der Waals surface area contributed by atoms with E-state index < -0.39 is 21.5 Å². The first-order valence-corrected chi connectivity index (χ1v) is 7.52. The summed E-state index contributed by atoms with van der Waals surface area (Å²) >= 11 is 0. The largest absolute Gasteiger partial charge is 0.517 e. The fraction of sp³-hybridized carbons (Fsp3) is 0.250. The molecule has 0 atom stereocenters. The molecule has 22 heavy (non-hydrogen) atoms. The van der Waals surface area contributed by atoms with Crippen molar-refractivity contribution in [1.29, 1.82) is 0 Å². The zero-order valence-electron chi connectivity index (χ0n) is 11.2. The van der Waals surface area contributed by atoms with Gasteiger partial charge in [0.2, 0.25) is 0 Å². The number of hydrogen-bond acceptors (Lipinski definition) is 4. The summed E-state index contributed by atoms with van der Waals surface area (Å²) < 4.78 is 65.4. The number of ether oxygens (including phenoxy) is 1. The van der Waals surface area contributed by atoms with E-state index in [0.29, 0.717) is 10.1 Å². The molecule has 1 aromatic heterocycles. The van der Waals surface area contributed by atoms with Crippen molar-refractivity contribution in [1.82, 2.24) is 4.68 Å². The molecule has 0 unspecified atom stereocenters. The zero-order valence-corrected chi connectivity index (χ0v) is 12.0. The number of rotatable bonds is 4. The molecule has 0 saturated carbocycles. The van der Waals surface area contributed by atoms with E-state index >= 15 is 0 Å². The van der Waals surface area contributed by atoms with Crippen LogP contribution < -0.4 is 4.83 Å². The number of alkyl halides is 3. The predicted octanol–water partition coefficient (Wildman–Crippen LogP) is 2.21. The van der Waals surface area contributed by atoms with E-state index in [1.54, 1.807) is 6.07 Å². The molecule has 0 aliphatic heterocycles. The molecule has 0 spiro atoms. The zero-order chi connectivity index (χ0) is 16.5. The van der Waals surface area contributed by atoms with Crippen LogP contribution in [0.1, 0.15) is 17.4 Å². The number of fused-ring (bicyclic) bond motifs is 1. The fourth-order valence-electron chi connectivity index (χ4n) is 1.78. The molecule has 0 aliphatic rings. The maximum absolute atomic E-state index is 12.5. The van der Waals surface area contributed by atoms with E-state index in [2.05, 4.69) is 0 Å². The van der Waals surface area contributed by atoms with Crippen molar-refractivity contribution in [2.75, 3.05) is 11.4 Å². The number of para-hydroxylation sites is 1. The van der Waals surface area contributed by atoms with Crippen LogP contribution in [-0.2, 0) is 14.8 Å². The molecule has 1 heterocycles. The van der Waals surface area contributed by atoms with E-state index in [-0.39, 0.29) is 17.8 Å². The number of halogens is 3. The second-order valence-corrected chi connectivity index (χ2v) is 5.84. The predicted molar refractivity (Wildman–Crippen MR) is 72.2 cm³/mol. The summed E-state index contributed by atoms with van der Waals surface area (Å²) in [5, 5.41) is 0.385. The summed E-state index contributed by atoms with van der Waals surface area (Å²) in [7, 11) is -5.68. The minimum absolute atomic E-state index is 0.00756. The van der Waals surface area contributed by atoms with Crippen LogP contribution in [-0.4, -0.2) is 31.2 Å². The van der Waals surface area contributed by atoms with Crippen molar-refractivity contribution < 1.29 is 31.1 Å². The number of nitrogens with one attached hydrogen (secondary N) is 1. The summed E-state index contributed by atoms with van der Waals surface area (Å²) in [5.41, 5.74) is -5.76. The van der Waals surface area contributed by atoms with Crippen LogP contribution in [0, 0.1) is 0 Å². The Kier molecular flexibility index (Phi) is 4.05. The van der Waals surface area contributed by atoms with Gasteiger partial charge in [-0.3, -0.25) is 0 Å². The van der Waals surface area contributed by atoms with E-state index in [4.69, 9.17) is 4.74 Å². The van der Waals surface area contributed by atoms with Gasteiger partial charge in [-0.05, 0) is 19.1 Å². The van der Waals surface area contributed by atoms with E-state index in [1.807, 2.05) is 0 Å². The third kappa shape index (κ3) is 2.86. The quantitative estimate of drug-likeness (QED) is 0.869. The van der Waals surface area contributed by atoms with Gasteiger partial charge in [0.05, 0.1) is 12.1 Å². The maximum Gasteiger partial charge on any atom is 0.517 e. The molecule has 10 heteroatoms. The second kappa shape index (κ2) is 5.52. The van der Waals surface area contributed by atoms with E-state index in [0.717, 1.165) is 0 Å². The number of hydrogen-bond donors (Lipinski definition) is 1. The topological polar surface area (TPSA) is 77.4 Å². The highest BCUT2D eigenvalue weighted by Gasteiger charge is 2.47. The van der Waals surface area contributed by atoms with Crippen molar-refractivity contribution in [3.05, 3.63) is 36.0 Å². The maximum atomic E-state index is 12.5. The first-order valence-electron chi connectivity index (χ1n) is 6.04. The second-order valence-electron chi connectivity index (χ2n) is 4.18. The first kappa shape index (κ1) is 16.1. The molecule has 2 aromatic rings. The Morgan fingerprint density at radius 1 is 1.32 bits per heavy atom. The lowest BCUT2D eigenvalue weighted by Crippen LogP contribution is -2.36. The highest BCUT2D eigenvalue weighted by molar-refractivity contribution is 7.93. The fourth-order valence-corrected chi connectivity index (χ4v) is 2.32. The van der Waals surface area contributed by atoms with Crippen LogP contribution in [0.2, 0.25) is 0 Å². The molecule has 1 N–H and O–H groups in total. The van der Waals surface area contributed by atoms with Gasteiger partial charge in [-0.1, -0.05) is 18.2 Å². The van der Waals surface area contributed by atoms with Gasteiger partial charge in [0.25, 0.3) is 0 Å². The van der Waals surface area contributed by atoms with Crippen LogP contribution >= 0.6 is 0 Å². The third-order valence-electron chi connectivity index (χ3n) is 2.71. The van der Waals surface area contributed by atoms with Crippen LogP contribution in [0.4, 0.5) is 13.2 Å². The average Bonchev–Trinajstić information content (AvgIpc) is 2.76. The van der Waals surface area contributed by atoms with Crippen molar-refractivity contribution in [2.24, 2.45) is 0 Å². The Balaban J connectivity index is 2.60. The number of carbonyl (C=O) groups excluding carboxylic acids is 1. The van der Waals surface area contributed by atoms with Crippen molar-refractivity contribution in [3.8, 4) is 0 Å². The molecule has 0 radical (unpaired) electrons. The SMILES string of the molecule is CCOC(=O)c1cc2ccccc2n1NS(=O)(=O)C(F)(F)F. The standard InChI is InChI=1S/C12H11F3N2O4S/c1-2-21-11(18)10-7-8-5-3-4-6-9(8)17(10)16-22(19,20)12(13,14)15/h3-7,16H,2H2,1H3. The molecule has 0 bridgehead atoms. The summed E-state index contributed by atoms with van der Waals surface area (Å²) in [6, 6.07) is 7.23. The van der Waals surface area contributed by atoms with Crippen LogP contribution in [0.25, 0.3) is 10.9 Å². The van der Waals surface area contributed by atoms with Gasteiger partial charge < -0.3 is 4.74 Å². The van der Waals surface area contributed by atoms with Crippen molar-refractivity contribution in [2.45, 2.75) is 12.4 Å². The highest BCUT2D eigenvalue weighted by Crippen LogP contribution is 2.25. The highest BCUT2D eigenvalue weighted by atomic mass is 32.2. The van der Waals surface area contributed by atoms with Gasteiger partial charge in [0.1, 0.15) is 5.69 Å². The number of aromatic nitrogens is 1. The Labute approximate surface area is 123 Å². The summed E-state index contributed by atoms with van der Waals surface area (Å²) in [5.74, 6) is -0.941. The molecule has 0 saturated heterocycles. The lowest BCUT2D eigenvalue weighted by molar-refractivity contribution is -0.0433. The third-order valence-corrected chi connectivity index (χ3v) is 3.74. The van der Waals surface area contributed by atoms with Gasteiger partial charge in [0.15, 0.2) is 0 Å². The monoisotopic (exact) mass is 336 g/mol. The summed E-state index contributed by atoms with van der Waals surface area (Å²) in [6.07, 6.45) is 0. The van der Waals surface area contributed by atoms with Crippen molar-refractivity contribution >= 4 is 26.9 Å². The number of esters is 1. The average molecular weight is 336 g/mol. The van der Waals surface area contributed by atoms with Gasteiger partial charge in [-0.15, -0.1) is 0 Å². The Morgan fingerprint density at radius 3 is 2.55 bits per heavy atom. The molecule has 6 nitrogen and oxygen atoms in total. The number of benzene rings is 1.